The van der Waals surface area contributed by atoms with Gasteiger partial charge in [-0.3, -0.25) is 4.90 Å². The molecule has 0 radical (unpaired) electrons. The number of rotatable bonds is 3. The summed E-state index contributed by atoms with van der Waals surface area (Å²) >= 11 is 0. The first kappa shape index (κ1) is 16.3. The molecular formula is C14H23N5O3S. The Hall–Kier alpha value is -1.61. The van der Waals surface area contributed by atoms with E-state index in [1.165, 1.54) is 0 Å². The molecule has 2 amide bonds. The number of fused-ring (bicyclic) bond motifs is 1. The van der Waals surface area contributed by atoms with Crippen LogP contribution in [0.4, 0.5) is 4.79 Å². The summed E-state index contributed by atoms with van der Waals surface area (Å²) in [4.78, 5) is 23.4. The highest BCUT2D eigenvalue weighted by molar-refractivity contribution is 7.91. The average Bonchev–Trinajstić information content (AvgIpc) is 3.02. The Kier molecular flexibility index (Phi) is 4.33. The predicted octanol–water partition coefficient (Wildman–Crippen LogP) is -0.269. The van der Waals surface area contributed by atoms with Crippen LogP contribution in [0.3, 0.4) is 0 Å². The molecule has 23 heavy (non-hydrogen) atoms. The first-order chi connectivity index (χ1) is 10.9. The number of aromatic nitrogens is 2. The number of aromatic amines is 1. The van der Waals surface area contributed by atoms with Crippen molar-refractivity contribution in [3.63, 3.8) is 0 Å². The van der Waals surface area contributed by atoms with Crippen molar-refractivity contribution in [1.29, 1.82) is 0 Å². The third-order valence-electron chi connectivity index (χ3n) is 4.67. The largest absolute Gasteiger partial charge is 0.348 e. The standard InChI is InChI=1S/C14H23N5O3S/c1-3-15-14(20)19-5-4-18(6-11-10(2)16-9-17-11)12-7-23(21,22)8-13(12)19/h9,12-13H,3-8H2,1-2H3,(H,15,20)(H,16,17)/t12-,13+/m0/s1. The fourth-order valence-electron chi connectivity index (χ4n) is 3.46. The number of sulfone groups is 1. The molecule has 2 N–H and O–H groups in total. The van der Waals surface area contributed by atoms with E-state index in [1.807, 2.05) is 13.8 Å². The van der Waals surface area contributed by atoms with Gasteiger partial charge in [-0.2, -0.15) is 0 Å². The molecule has 8 nitrogen and oxygen atoms in total. The molecule has 3 rings (SSSR count). The van der Waals surface area contributed by atoms with Crippen molar-refractivity contribution in [3.05, 3.63) is 17.7 Å². The Morgan fingerprint density at radius 1 is 1.39 bits per heavy atom. The lowest BCUT2D eigenvalue weighted by Gasteiger charge is -2.43. The zero-order valence-corrected chi connectivity index (χ0v) is 14.3. The summed E-state index contributed by atoms with van der Waals surface area (Å²) < 4.78 is 24.3. The SMILES string of the molecule is CCNC(=O)N1CCN(Cc2nc[nH]c2C)[C@H]2CS(=O)(=O)C[C@H]21. The fraction of sp³-hybridized carbons (Fsp3) is 0.714. The first-order valence-corrected chi connectivity index (χ1v) is 9.71. The number of amides is 2. The number of hydrogen-bond donors (Lipinski definition) is 2. The highest BCUT2D eigenvalue weighted by Crippen LogP contribution is 2.28. The van der Waals surface area contributed by atoms with E-state index in [0.29, 0.717) is 26.2 Å². The van der Waals surface area contributed by atoms with E-state index < -0.39 is 9.84 Å². The van der Waals surface area contributed by atoms with Crippen LogP contribution in [-0.4, -0.2) is 77.4 Å². The maximum absolute atomic E-state index is 12.2. The van der Waals surface area contributed by atoms with Gasteiger partial charge in [-0.15, -0.1) is 0 Å². The third kappa shape index (κ3) is 3.20. The van der Waals surface area contributed by atoms with Crippen LogP contribution in [0.2, 0.25) is 0 Å². The van der Waals surface area contributed by atoms with Gasteiger partial charge in [0.25, 0.3) is 0 Å². The van der Waals surface area contributed by atoms with Crippen LogP contribution < -0.4 is 5.32 Å². The van der Waals surface area contributed by atoms with E-state index >= 15 is 0 Å². The number of hydrogen-bond acceptors (Lipinski definition) is 5. The van der Waals surface area contributed by atoms with Crippen LogP contribution in [-0.2, 0) is 16.4 Å². The minimum atomic E-state index is -3.12. The highest BCUT2D eigenvalue weighted by atomic mass is 32.2. The lowest BCUT2D eigenvalue weighted by atomic mass is 10.0. The van der Waals surface area contributed by atoms with Crippen LogP contribution >= 0.6 is 0 Å². The van der Waals surface area contributed by atoms with Gasteiger partial charge in [0.1, 0.15) is 0 Å². The fourth-order valence-corrected chi connectivity index (χ4v) is 5.48. The van der Waals surface area contributed by atoms with Crippen LogP contribution in [0.25, 0.3) is 0 Å². The lowest BCUT2D eigenvalue weighted by Crippen LogP contribution is -2.62. The summed E-state index contributed by atoms with van der Waals surface area (Å²) in [5.74, 6) is 0.155. The summed E-state index contributed by atoms with van der Waals surface area (Å²) in [5.41, 5.74) is 1.92. The minimum Gasteiger partial charge on any atom is -0.348 e. The summed E-state index contributed by atoms with van der Waals surface area (Å²) in [6.45, 7) is 6.14. The van der Waals surface area contributed by atoms with Gasteiger partial charge in [-0.05, 0) is 13.8 Å². The van der Waals surface area contributed by atoms with Crippen molar-refractivity contribution >= 4 is 15.9 Å². The van der Waals surface area contributed by atoms with Crippen LogP contribution in [0.15, 0.2) is 6.33 Å². The molecule has 2 aliphatic heterocycles. The van der Waals surface area contributed by atoms with Crippen molar-refractivity contribution in [1.82, 2.24) is 25.1 Å². The Morgan fingerprint density at radius 3 is 2.78 bits per heavy atom. The van der Waals surface area contributed by atoms with Gasteiger partial charge in [0.05, 0.1) is 29.6 Å². The Bertz CT molecular complexity index is 686. The van der Waals surface area contributed by atoms with Crippen molar-refractivity contribution in [3.8, 4) is 0 Å². The van der Waals surface area contributed by atoms with Gasteiger partial charge >= 0.3 is 6.03 Å². The molecule has 3 heterocycles. The number of nitrogens with one attached hydrogen (secondary N) is 2. The molecule has 0 unspecified atom stereocenters. The molecule has 2 saturated heterocycles. The van der Waals surface area contributed by atoms with Crippen molar-refractivity contribution in [2.75, 3.05) is 31.1 Å². The maximum atomic E-state index is 12.2. The van der Waals surface area contributed by atoms with E-state index in [4.69, 9.17) is 0 Å². The third-order valence-corrected chi connectivity index (χ3v) is 6.37. The number of carbonyl (C=O) groups is 1. The second kappa shape index (κ2) is 6.12. The number of aryl methyl sites for hydroxylation is 1. The molecule has 2 fully saturated rings. The molecule has 2 atom stereocenters. The molecule has 9 heteroatoms. The van der Waals surface area contributed by atoms with Crippen LogP contribution in [0, 0.1) is 6.92 Å². The van der Waals surface area contributed by atoms with Crippen LogP contribution in [0.1, 0.15) is 18.3 Å². The Labute approximate surface area is 136 Å². The van der Waals surface area contributed by atoms with E-state index in [1.54, 1.807) is 11.2 Å². The molecule has 2 aliphatic rings. The van der Waals surface area contributed by atoms with Gasteiger partial charge in [0.2, 0.25) is 0 Å². The summed E-state index contributed by atoms with van der Waals surface area (Å²) in [7, 11) is -3.12. The lowest BCUT2D eigenvalue weighted by molar-refractivity contribution is 0.0600. The van der Waals surface area contributed by atoms with E-state index in [-0.39, 0.29) is 29.6 Å². The zero-order chi connectivity index (χ0) is 16.6. The molecule has 0 aliphatic carbocycles. The summed E-state index contributed by atoms with van der Waals surface area (Å²) in [6.07, 6.45) is 1.65. The Balaban J connectivity index is 1.81. The molecule has 1 aromatic rings. The normalized spacial score (nSPS) is 27.0. The van der Waals surface area contributed by atoms with E-state index in [9.17, 15) is 13.2 Å². The van der Waals surface area contributed by atoms with Crippen molar-refractivity contribution in [2.24, 2.45) is 0 Å². The second-order valence-corrected chi connectivity index (χ2v) is 8.34. The molecular weight excluding hydrogens is 318 g/mol. The van der Waals surface area contributed by atoms with Crippen molar-refractivity contribution < 1.29 is 13.2 Å². The van der Waals surface area contributed by atoms with Crippen LogP contribution in [0.5, 0.6) is 0 Å². The summed E-state index contributed by atoms with van der Waals surface area (Å²) in [6, 6.07) is -0.609. The highest BCUT2D eigenvalue weighted by Gasteiger charge is 2.48. The van der Waals surface area contributed by atoms with Crippen molar-refractivity contribution in [2.45, 2.75) is 32.5 Å². The number of imidazole rings is 1. The number of H-pyrrole nitrogens is 1. The molecule has 0 aromatic carbocycles. The van der Waals surface area contributed by atoms with E-state index in [2.05, 4.69) is 20.2 Å². The number of nitrogens with zero attached hydrogens (tertiary/aromatic N) is 3. The number of urea groups is 1. The smallest absolute Gasteiger partial charge is 0.317 e. The number of piperazine rings is 1. The van der Waals surface area contributed by atoms with Gasteiger partial charge in [-0.25, -0.2) is 18.2 Å². The topological polar surface area (TPSA) is 98.4 Å². The molecule has 0 spiro atoms. The number of carbonyl (C=O) groups excluding carboxylic acids is 1. The molecule has 0 saturated carbocycles. The average molecular weight is 341 g/mol. The second-order valence-electron chi connectivity index (χ2n) is 6.19. The van der Waals surface area contributed by atoms with Gasteiger partial charge < -0.3 is 15.2 Å². The molecule has 1 aromatic heterocycles. The summed E-state index contributed by atoms with van der Waals surface area (Å²) in [5, 5.41) is 2.78. The quantitative estimate of drug-likeness (QED) is 0.789. The molecule has 0 bridgehead atoms. The zero-order valence-electron chi connectivity index (χ0n) is 13.4. The van der Waals surface area contributed by atoms with Gasteiger partial charge in [0.15, 0.2) is 9.84 Å². The maximum Gasteiger partial charge on any atom is 0.317 e. The monoisotopic (exact) mass is 341 g/mol. The predicted molar refractivity (Wildman–Crippen MR) is 85.7 cm³/mol. The Morgan fingerprint density at radius 2 is 2.13 bits per heavy atom. The molecule has 128 valence electrons. The van der Waals surface area contributed by atoms with Gasteiger partial charge in [0, 0.05) is 37.9 Å². The van der Waals surface area contributed by atoms with E-state index in [0.717, 1.165) is 11.4 Å². The minimum absolute atomic E-state index is 0.0465. The van der Waals surface area contributed by atoms with Gasteiger partial charge in [-0.1, -0.05) is 0 Å². The first-order valence-electron chi connectivity index (χ1n) is 7.89.